The minimum atomic E-state index is -0.635. The van der Waals surface area contributed by atoms with Crippen LogP contribution < -0.4 is 4.90 Å². The molecule has 1 amide bonds. The monoisotopic (exact) mass is 468 g/mol. The molecule has 33 heavy (non-hydrogen) atoms. The largest absolute Gasteiger partial charge is 0.465 e. The van der Waals surface area contributed by atoms with E-state index in [9.17, 15) is 14.4 Å². The Morgan fingerprint density at radius 3 is 2.45 bits per heavy atom. The summed E-state index contributed by atoms with van der Waals surface area (Å²) in [6.45, 7) is 2.92. The molecule has 0 radical (unpaired) electrons. The van der Waals surface area contributed by atoms with E-state index in [0.29, 0.717) is 27.7 Å². The van der Waals surface area contributed by atoms with Crippen LogP contribution in [0.5, 0.6) is 0 Å². The molecule has 0 fully saturated rings. The summed E-state index contributed by atoms with van der Waals surface area (Å²) in [5.74, 6) is -0.543. The van der Waals surface area contributed by atoms with Crippen molar-refractivity contribution in [2.75, 3.05) is 24.7 Å². The number of amides is 1. The van der Waals surface area contributed by atoms with E-state index < -0.39 is 24.5 Å². The Hall–Kier alpha value is -3.59. The standard InChI is InChI=1S/C24H24N2O6S/c1-3-30-23(28)14-26(18-9-5-4-6-10-18)22(27)15-31-24(29)20-11-7-8-12-21(20)33-16-19-13-17(2)25-32-19/h4-13H,3,14-16H2,1-2H3. The van der Waals surface area contributed by atoms with Crippen LogP contribution in [-0.2, 0) is 24.8 Å². The number of carbonyl (C=O) groups excluding carboxylic acids is 3. The molecule has 0 aliphatic rings. The lowest BCUT2D eigenvalue weighted by atomic mass is 10.2. The molecule has 0 unspecified atom stereocenters. The van der Waals surface area contributed by atoms with Crippen LogP contribution in [0.15, 0.2) is 70.1 Å². The van der Waals surface area contributed by atoms with Gasteiger partial charge in [0.2, 0.25) is 0 Å². The summed E-state index contributed by atoms with van der Waals surface area (Å²) in [5.41, 5.74) is 1.62. The molecule has 0 aliphatic carbocycles. The number of hydrogen-bond acceptors (Lipinski definition) is 8. The van der Waals surface area contributed by atoms with Crippen LogP contribution in [0.2, 0.25) is 0 Å². The molecule has 0 saturated carbocycles. The van der Waals surface area contributed by atoms with E-state index in [0.717, 1.165) is 5.69 Å². The SMILES string of the molecule is CCOC(=O)CN(C(=O)COC(=O)c1ccccc1SCc1cc(C)no1)c1ccccc1. The van der Waals surface area contributed by atoms with Crippen LogP contribution in [0.1, 0.15) is 28.7 Å². The third-order valence-electron chi connectivity index (χ3n) is 4.44. The van der Waals surface area contributed by atoms with Crippen LogP contribution in [0.3, 0.4) is 0 Å². The smallest absolute Gasteiger partial charge is 0.339 e. The van der Waals surface area contributed by atoms with Gasteiger partial charge in [-0.1, -0.05) is 35.5 Å². The number of anilines is 1. The summed E-state index contributed by atoms with van der Waals surface area (Å²) < 4.78 is 15.5. The molecule has 3 rings (SSSR count). The van der Waals surface area contributed by atoms with Gasteiger partial charge in [0.05, 0.1) is 23.6 Å². The average Bonchev–Trinajstić information content (AvgIpc) is 3.25. The van der Waals surface area contributed by atoms with Gasteiger partial charge in [0.15, 0.2) is 6.61 Å². The van der Waals surface area contributed by atoms with Crippen LogP contribution in [0.25, 0.3) is 0 Å². The Morgan fingerprint density at radius 1 is 1.03 bits per heavy atom. The molecule has 172 valence electrons. The molecular formula is C24H24N2O6S. The summed E-state index contributed by atoms with van der Waals surface area (Å²) >= 11 is 1.40. The molecule has 9 heteroatoms. The fraction of sp³-hybridized carbons (Fsp3) is 0.250. The van der Waals surface area contributed by atoms with Crippen LogP contribution in [-0.4, -0.2) is 42.8 Å². The second-order valence-electron chi connectivity index (χ2n) is 6.92. The Kier molecular flexibility index (Phi) is 8.65. The van der Waals surface area contributed by atoms with Crippen molar-refractivity contribution in [3.8, 4) is 0 Å². The van der Waals surface area contributed by atoms with E-state index in [1.807, 2.05) is 19.1 Å². The van der Waals surface area contributed by atoms with Crippen molar-refractivity contribution >= 4 is 35.3 Å². The second-order valence-corrected chi connectivity index (χ2v) is 7.93. The molecule has 0 saturated heterocycles. The first-order valence-electron chi connectivity index (χ1n) is 10.3. The molecule has 0 spiro atoms. The number of esters is 2. The molecule has 3 aromatic rings. The minimum absolute atomic E-state index is 0.201. The number of thioether (sulfide) groups is 1. The third-order valence-corrected chi connectivity index (χ3v) is 5.54. The molecular weight excluding hydrogens is 444 g/mol. The van der Waals surface area contributed by atoms with Gasteiger partial charge in [0, 0.05) is 16.6 Å². The first kappa shape index (κ1) is 24.1. The van der Waals surface area contributed by atoms with Crippen molar-refractivity contribution in [3.05, 3.63) is 77.7 Å². The summed E-state index contributed by atoms with van der Waals surface area (Å²) in [6.07, 6.45) is 0. The van der Waals surface area contributed by atoms with Gasteiger partial charge >= 0.3 is 11.9 Å². The molecule has 1 aromatic heterocycles. The van der Waals surface area contributed by atoms with Gasteiger partial charge in [-0.25, -0.2) is 4.79 Å². The van der Waals surface area contributed by atoms with Gasteiger partial charge in [0.1, 0.15) is 12.3 Å². The maximum Gasteiger partial charge on any atom is 0.339 e. The number of nitrogens with zero attached hydrogens (tertiary/aromatic N) is 2. The topological polar surface area (TPSA) is 98.9 Å². The van der Waals surface area contributed by atoms with Crippen LogP contribution >= 0.6 is 11.8 Å². The Balaban J connectivity index is 1.66. The summed E-state index contributed by atoms with van der Waals surface area (Å²) in [5, 5.41) is 3.85. The highest BCUT2D eigenvalue weighted by Gasteiger charge is 2.22. The number of ether oxygens (including phenoxy) is 2. The number of aromatic nitrogens is 1. The van der Waals surface area contributed by atoms with E-state index in [1.54, 1.807) is 55.5 Å². The second kappa shape index (κ2) is 11.9. The van der Waals surface area contributed by atoms with Crippen molar-refractivity contribution in [1.82, 2.24) is 5.16 Å². The number of para-hydroxylation sites is 1. The highest BCUT2D eigenvalue weighted by atomic mass is 32.2. The normalized spacial score (nSPS) is 10.5. The number of benzene rings is 2. The van der Waals surface area contributed by atoms with Crippen molar-refractivity contribution in [1.29, 1.82) is 0 Å². The van der Waals surface area contributed by atoms with E-state index in [1.165, 1.54) is 16.7 Å². The van der Waals surface area contributed by atoms with E-state index in [2.05, 4.69) is 5.16 Å². The zero-order valence-corrected chi connectivity index (χ0v) is 19.2. The van der Waals surface area contributed by atoms with Crippen LogP contribution in [0, 0.1) is 6.92 Å². The Morgan fingerprint density at radius 2 is 1.76 bits per heavy atom. The summed E-state index contributed by atoms with van der Waals surface area (Å²) in [4.78, 5) is 39.5. The lowest BCUT2D eigenvalue weighted by molar-refractivity contribution is -0.142. The third kappa shape index (κ3) is 6.95. The average molecular weight is 469 g/mol. The van der Waals surface area contributed by atoms with Crippen molar-refractivity contribution in [2.45, 2.75) is 24.5 Å². The molecule has 8 nitrogen and oxygen atoms in total. The van der Waals surface area contributed by atoms with Gasteiger partial charge in [-0.3, -0.25) is 14.5 Å². The van der Waals surface area contributed by atoms with Gasteiger partial charge in [-0.15, -0.1) is 11.8 Å². The lowest BCUT2D eigenvalue weighted by Crippen LogP contribution is -2.39. The Bertz CT molecular complexity index is 1100. The van der Waals surface area contributed by atoms with Gasteiger partial charge in [-0.2, -0.15) is 0 Å². The number of aryl methyl sites for hydroxylation is 1. The maximum absolute atomic E-state index is 12.8. The van der Waals surface area contributed by atoms with Crippen molar-refractivity contribution < 1.29 is 28.4 Å². The van der Waals surface area contributed by atoms with Crippen LogP contribution in [0.4, 0.5) is 5.69 Å². The fourth-order valence-electron chi connectivity index (χ4n) is 2.94. The maximum atomic E-state index is 12.8. The van der Waals surface area contributed by atoms with E-state index in [-0.39, 0.29) is 13.2 Å². The molecule has 1 heterocycles. The molecule has 0 bridgehead atoms. The highest BCUT2D eigenvalue weighted by Crippen LogP contribution is 2.27. The minimum Gasteiger partial charge on any atom is -0.465 e. The first-order chi connectivity index (χ1) is 16.0. The number of hydrogen-bond donors (Lipinski definition) is 0. The molecule has 2 aromatic carbocycles. The number of carbonyl (C=O) groups is 3. The highest BCUT2D eigenvalue weighted by molar-refractivity contribution is 7.98. The molecule has 0 aliphatic heterocycles. The van der Waals surface area contributed by atoms with Gasteiger partial charge in [-0.05, 0) is 38.1 Å². The number of rotatable bonds is 10. The fourth-order valence-corrected chi connectivity index (χ4v) is 3.86. The van der Waals surface area contributed by atoms with Crippen molar-refractivity contribution in [2.24, 2.45) is 0 Å². The zero-order valence-electron chi connectivity index (χ0n) is 18.4. The zero-order chi connectivity index (χ0) is 23.6. The quantitative estimate of drug-likeness (QED) is 0.325. The van der Waals surface area contributed by atoms with Gasteiger partial charge in [0.25, 0.3) is 5.91 Å². The van der Waals surface area contributed by atoms with Gasteiger partial charge < -0.3 is 14.0 Å². The summed E-state index contributed by atoms with van der Waals surface area (Å²) in [7, 11) is 0. The van der Waals surface area contributed by atoms with E-state index in [4.69, 9.17) is 14.0 Å². The molecule has 0 N–H and O–H groups in total. The molecule has 0 atom stereocenters. The predicted molar refractivity (Wildman–Crippen MR) is 123 cm³/mol. The van der Waals surface area contributed by atoms with E-state index >= 15 is 0 Å². The first-order valence-corrected chi connectivity index (χ1v) is 11.3. The Labute approximate surface area is 195 Å². The predicted octanol–water partition coefficient (Wildman–Crippen LogP) is 4.03. The van der Waals surface area contributed by atoms with Crippen molar-refractivity contribution in [3.63, 3.8) is 0 Å². The lowest BCUT2D eigenvalue weighted by Gasteiger charge is -2.21. The summed E-state index contributed by atoms with van der Waals surface area (Å²) in [6, 6.07) is 17.5.